The lowest BCUT2D eigenvalue weighted by molar-refractivity contribution is 0.279. The molecule has 16 heavy (non-hydrogen) atoms. The van der Waals surface area contributed by atoms with Crippen LogP contribution in [0, 0.1) is 0 Å². The fraction of sp³-hybridized carbons (Fsp3) is 0.750. The maximum atomic E-state index is 6.07. The van der Waals surface area contributed by atoms with Crippen LogP contribution in [-0.4, -0.2) is 19.9 Å². The number of hydrogen-bond acceptors (Lipinski definition) is 3. The van der Waals surface area contributed by atoms with Gasteiger partial charge in [-0.05, 0) is 24.6 Å². The van der Waals surface area contributed by atoms with Gasteiger partial charge in [0.25, 0.3) is 0 Å². The molecule has 0 aromatic carbocycles. The third kappa shape index (κ3) is 3.76. The minimum absolute atomic E-state index is 0.291. The van der Waals surface area contributed by atoms with Crippen molar-refractivity contribution in [3.8, 4) is 0 Å². The molecule has 1 heterocycles. The van der Waals surface area contributed by atoms with Gasteiger partial charge in [-0.1, -0.05) is 20.8 Å². The molecule has 0 fully saturated rings. The molecule has 0 N–H and O–H groups in total. The topological polar surface area (TPSA) is 35.3 Å². The summed E-state index contributed by atoms with van der Waals surface area (Å²) in [5, 5.41) is 0.291. The molecule has 0 unspecified atom stereocenters. The lowest BCUT2D eigenvalue weighted by Gasteiger charge is -2.36. The average Bonchev–Trinajstić information content (AvgIpc) is 2.63. The van der Waals surface area contributed by atoms with Crippen LogP contribution in [0.2, 0.25) is 18.1 Å². The first-order valence-electron chi connectivity index (χ1n) is 5.84. The average molecular weight is 241 g/mol. The molecule has 0 saturated heterocycles. The van der Waals surface area contributed by atoms with Crippen molar-refractivity contribution in [3.63, 3.8) is 0 Å². The third-order valence-electron chi connectivity index (χ3n) is 3.32. The Morgan fingerprint density at radius 2 is 2.06 bits per heavy atom. The Kier molecular flexibility index (Phi) is 4.33. The SMILES string of the molecule is CC(C)(C)[Si](C)(C)OCCCc1cnco1. The van der Waals surface area contributed by atoms with Crippen molar-refractivity contribution in [2.75, 3.05) is 6.61 Å². The molecule has 0 aliphatic carbocycles. The van der Waals surface area contributed by atoms with Gasteiger partial charge in [0.15, 0.2) is 14.7 Å². The monoisotopic (exact) mass is 241 g/mol. The van der Waals surface area contributed by atoms with E-state index in [4.69, 9.17) is 8.84 Å². The van der Waals surface area contributed by atoms with Gasteiger partial charge in [0, 0.05) is 13.0 Å². The summed E-state index contributed by atoms with van der Waals surface area (Å²) in [7, 11) is -1.57. The van der Waals surface area contributed by atoms with Crippen LogP contribution in [0.5, 0.6) is 0 Å². The summed E-state index contributed by atoms with van der Waals surface area (Å²) < 4.78 is 11.2. The van der Waals surface area contributed by atoms with Gasteiger partial charge in [-0.3, -0.25) is 0 Å². The van der Waals surface area contributed by atoms with E-state index in [9.17, 15) is 0 Å². The third-order valence-corrected chi connectivity index (χ3v) is 7.86. The summed E-state index contributed by atoms with van der Waals surface area (Å²) >= 11 is 0. The predicted molar refractivity (Wildman–Crippen MR) is 68.0 cm³/mol. The molecule has 0 aliphatic rings. The summed E-state index contributed by atoms with van der Waals surface area (Å²) in [5.74, 6) is 0.943. The number of oxazole rings is 1. The van der Waals surface area contributed by atoms with Crippen LogP contribution in [0.1, 0.15) is 33.0 Å². The van der Waals surface area contributed by atoms with Crippen molar-refractivity contribution >= 4 is 8.32 Å². The van der Waals surface area contributed by atoms with E-state index in [1.807, 2.05) is 0 Å². The summed E-state index contributed by atoms with van der Waals surface area (Å²) in [6.45, 7) is 12.2. The Morgan fingerprint density at radius 1 is 1.38 bits per heavy atom. The van der Waals surface area contributed by atoms with Gasteiger partial charge < -0.3 is 8.84 Å². The quantitative estimate of drug-likeness (QED) is 0.583. The highest BCUT2D eigenvalue weighted by atomic mass is 28.4. The highest BCUT2D eigenvalue weighted by molar-refractivity contribution is 6.74. The van der Waals surface area contributed by atoms with Crippen molar-refractivity contribution in [1.29, 1.82) is 0 Å². The number of hydrogen-bond donors (Lipinski definition) is 0. The molecule has 4 heteroatoms. The van der Waals surface area contributed by atoms with Gasteiger partial charge in [-0.25, -0.2) is 4.98 Å². The maximum Gasteiger partial charge on any atom is 0.191 e. The fourth-order valence-electron chi connectivity index (χ4n) is 1.16. The second-order valence-electron chi connectivity index (χ2n) is 5.68. The molecule has 0 spiro atoms. The second-order valence-corrected chi connectivity index (χ2v) is 10.5. The van der Waals surface area contributed by atoms with Crippen molar-refractivity contribution in [2.24, 2.45) is 0 Å². The zero-order chi connectivity index (χ0) is 12.2. The first-order chi connectivity index (χ1) is 7.33. The maximum absolute atomic E-state index is 6.07. The van der Waals surface area contributed by atoms with Crippen LogP contribution in [0.25, 0.3) is 0 Å². The summed E-state index contributed by atoms with van der Waals surface area (Å²) in [4.78, 5) is 3.89. The van der Waals surface area contributed by atoms with Crippen molar-refractivity contribution in [1.82, 2.24) is 4.98 Å². The zero-order valence-corrected chi connectivity index (χ0v) is 12.0. The zero-order valence-electron chi connectivity index (χ0n) is 11.0. The molecule has 0 aliphatic heterocycles. The van der Waals surface area contributed by atoms with Crippen LogP contribution in [0.4, 0.5) is 0 Å². The van der Waals surface area contributed by atoms with Gasteiger partial charge in [-0.15, -0.1) is 0 Å². The van der Waals surface area contributed by atoms with E-state index in [-0.39, 0.29) is 0 Å². The van der Waals surface area contributed by atoms with Crippen molar-refractivity contribution in [2.45, 2.75) is 51.7 Å². The highest BCUT2D eigenvalue weighted by Crippen LogP contribution is 2.36. The minimum Gasteiger partial charge on any atom is -0.449 e. The second kappa shape index (κ2) is 5.14. The minimum atomic E-state index is -1.57. The first-order valence-corrected chi connectivity index (χ1v) is 8.75. The molecule has 1 rings (SSSR count). The molecule has 0 bridgehead atoms. The predicted octanol–water partition coefficient (Wildman–Crippen LogP) is 3.63. The lowest BCUT2D eigenvalue weighted by atomic mass is 10.2. The van der Waals surface area contributed by atoms with E-state index < -0.39 is 8.32 Å². The Labute approximate surface area is 99.3 Å². The lowest BCUT2D eigenvalue weighted by Crippen LogP contribution is -2.41. The summed E-state index contributed by atoms with van der Waals surface area (Å²) in [5.41, 5.74) is 0. The van der Waals surface area contributed by atoms with Crippen LogP contribution in [0.3, 0.4) is 0 Å². The number of aryl methyl sites for hydroxylation is 1. The number of rotatable bonds is 5. The van der Waals surface area contributed by atoms with Gasteiger partial charge in [0.2, 0.25) is 0 Å². The van der Waals surface area contributed by atoms with E-state index in [0.717, 1.165) is 25.2 Å². The Balaban J connectivity index is 2.25. The molecule has 0 atom stereocenters. The number of nitrogens with zero attached hydrogens (tertiary/aromatic N) is 1. The Bertz CT molecular complexity index is 301. The normalized spacial score (nSPS) is 13.1. The molecular formula is C12H23NO2Si. The van der Waals surface area contributed by atoms with Gasteiger partial charge >= 0.3 is 0 Å². The fourth-order valence-corrected chi connectivity index (χ4v) is 2.24. The Morgan fingerprint density at radius 3 is 2.56 bits per heavy atom. The Hall–Kier alpha value is -0.613. The van der Waals surface area contributed by atoms with E-state index in [1.54, 1.807) is 6.20 Å². The van der Waals surface area contributed by atoms with E-state index >= 15 is 0 Å². The molecule has 1 aromatic rings. The molecule has 3 nitrogen and oxygen atoms in total. The largest absolute Gasteiger partial charge is 0.449 e. The van der Waals surface area contributed by atoms with Crippen LogP contribution >= 0.6 is 0 Å². The van der Waals surface area contributed by atoms with Gasteiger partial charge in [-0.2, -0.15) is 0 Å². The van der Waals surface area contributed by atoms with Gasteiger partial charge in [0.1, 0.15) is 5.76 Å². The molecule has 0 amide bonds. The van der Waals surface area contributed by atoms with E-state index in [0.29, 0.717) is 5.04 Å². The molecular weight excluding hydrogens is 218 g/mol. The molecule has 1 aromatic heterocycles. The van der Waals surface area contributed by atoms with E-state index in [2.05, 4.69) is 38.8 Å². The molecule has 0 saturated carbocycles. The van der Waals surface area contributed by atoms with E-state index in [1.165, 1.54) is 6.39 Å². The van der Waals surface area contributed by atoms with Gasteiger partial charge in [0.05, 0.1) is 6.20 Å². The summed E-state index contributed by atoms with van der Waals surface area (Å²) in [6, 6.07) is 0. The molecule has 0 radical (unpaired) electrons. The summed E-state index contributed by atoms with van der Waals surface area (Å²) in [6.07, 6.45) is 5.16. The first kappa shape index (κ1) is 13.5. The van der Waals surface area contributed by atoms with Crippen molar-refractivity contribution < 1.29 is 8.84 Å². The van der Waals surface area contributed by atoms with Crippen LogP contribution in [-0.2, 0) is 10.8 Å². The van der Waals surface area contributed by atoms with Crippen molar-refractivity contribution in [3.05, 3.63) is 18.4 Å². The number of aromatic nitrogens is 1. The highest BCUT2D eigenvalue weighted by Gasteiger charge is 2.36. The standard InChI is InChI=1S/C12H23NO2Si/c1-12(2,3)16(4,5)15-8-6-7-11-9-13-10-14-11/h9-10H,6-8H2,1-5H3. The molecule has 92 valence electrons. The van der Waals surface area contributed by atoms with Crippen LogP contribution in [0.15, 0.2) is 17.0 Å². The van der Waals surface area contributed by atoms with Crippen LogP contribution < -0.4 is 0 Å². The smallest absolute Gasteiger partial charge is 0.191 e.